The van der Waals surface area contributed by atoms with Crippen molar-refractivity contribution in [1.29, 1.82) is 0 Å². The van der Waals surface area contributed by atoms with Gasteiger partial charge in [-0.2, -0.15) is 4.98 Å². The van der Waals surface area contributed by atoms with Crippen LogP contribution in [0.4, 0.5) is 0 Å². The molecule has 0 unspecified atom stereocenters. The highest BCUT2D eigenvalue weighted by Gasteiger charge is 2.26. The Balaban J connectivity index is 1.49. The van der Waals surface area contributed by atoms with Crippen LogP contribution in [0.1, 0.15) is 10.4 Å². The van der Waals surface area contributed by atoms with E-state index in [1.165, 1.54) is 6.20 Å². The molecule has 0 atom stereocenters. The van der Waals surface area contributed by atoms with Gasteiger partial charge in [0.05, 0.1) is 7.11 Å². The molecule has 33 heavy (non-hydrogen) atoms. The molecule has 1 fully saturated rings. The van der Waals surface area contributed by atoms with Crippen molar-refractivity contribution in [3.8, 4) is 40.3 Å². The first-order valence-electron chi connectivity index (χ1n) is 10.7. The molecule has 2 aliphatic heterocycles. The molecule has 0 aliphatic carbocycles. The van der Waals surface area contributed by atoms with Crippen LogP contribution in [-0.4, -0.2) is 72.8 Å². The van der Waals surface area contributed by atoms with Crippen LogP contribution >= 0.6 is 0 Å². The largest absolute Gasteiger partial charge is 0.497 e. The monoisotopic (exact) mass is 448 g/mol. The van der Waals surface area contributed by atoms with E-state index in [9.17, 15) is 4.79 Å². The van der Waals surface area contributed by atoms with Gasteiger partial charge in [0.1, 0.15) is 17.1 Å². The molecule has 0 N–H and O–H groups in total. The van der Waals surface area contributed by atoms with Gasteiger partial charge in [-0.3, -0.25) is 4.79 Å². The fourth-order valence-electron chi connectivity index (χ4n) is 3.70. The van der Waals surface area contributed by atoms with Crippen molar-refractivity contribution in [3.63, 3.8) is 0 Å². The van der Waals surface area contributed by atoms with Crippen molar-refractivity contribution in [2.24, 2.45) is 0 Å². The second-order valence-corrected chi connectivity index (χ2v) is 7.85. The Morgan fingerprint density at radius 1 is 0.970 bits per heavy atom. The van der Waals surface area contributed by atoms with Crippen molar-refractivity contribution in [1.82, 2.24) is 19.8 Å². The van der Waals surface area contributed by atoms with Gasteiger partial charge >= 0.3 is 0 Å². The third-order valence-corrected chi connectivity index (χ3v) is 5.68. The molecule has 3 heterocycles. The van der Waals surface area contributed by atoms with Gasteiger partial charge in [0.15, 0.2) is 17.3 Å². The number of amides is 1. The highest BCUT2D eigenvalue weighted by atomic mass is 16.7. The minimum Gasteiger partial charge on any atom is -0.497 e. The summed E-state index contributed by atoms with van der Waals surface area (Å²) in [7, 11) is 3.66. The molecule has 5 rings (SSSR count). The zero-order valence-electron chi connectivity index (χ0n) is 18.5. The number of hydrogen-bond acceptors (Lipinski definition) is 8. The normalized spacial score (nSPS) is 15.4. The fourth-order valence-corrected chi connectivity index (χ4v) is 3.70. The van der Waals surface area contributed by atoms with E-state index in [1.54, 1.807) is 30.2 Å². The van der Waals surface area contributed by atoms with Crippen molar-refractivity contribution >= 4 is 5.91 Å². The summed E-state index contributed by atoms with van der Waals surface area (Å²) in [6.07, 6.45) is 1.54. The minimum atomic E-state index is -0.153. The Labute approximate surface area is 191 Å². The van der Waals surface area contributed by atoms with E-state index in [-0.39, 0.29) is 18.6 Å². The molecule has 2 aliphatic rings. The third kappa shape index (κ3) is 4.40. The molecule has 9 heteroatoms. The molecule has 1 aromatic heterocycles. The lowest BCUT2D eigenvalue weighted by atomic mass is 10.2. The quantitative estimate of drug-likeness (QED) is 0.589. The number of likely N-dealkylation sites (N-methyl/N-ethyl adjacent to an activating group) is 1. The molecule has 1 amide bonds. The van der Waals surface area contributed by atoms with Gasteiger partial charge in [0.25, 0.3) is 5.91 Å². The first kappa shape index (κ1) is 21.0. The van der Waals surface area contributed by atoms with Crippen LogP contribution in [0.25, 0.3) is 11.4 Å². The average molecular weight is 448 g/mol. The van der Waals surface area contributed by atoms with E-state index in [1.807, 2.05) is 31.3 Å². The van der Waals surface area contributed by atoms with Crippen LogP contribution < -0.4 is 18.9 Å². The molecule has 0 spiro atoms. The summed E-state index contributed by atoms with van der Waals surface area (Å²) in [5, 5.41) is 0. The molecule has 0 radical (unpaired) electrons. The standard InChI is InChI=1S/C24H24N4O5/c1-27-9-11-28(12-10-27)24(29)19-14-25-22(16-3-5-17(30-2)6-4-16)26-23(19)33-18-7-8-20-21(13-18)32-15-31-20/h3-8,13-14H,9-12,15H2,1-2H3. The summed E-state index contributed by atoms with van der Waals surface area (Å²) in [5.74, 6) is 2.95. The summed E-state index contributed by atoms with van der Waals surface area (Å²) in [4.78, 5) is 26.4. The summed E-state index contributed by atoms with van der Waals surface area (Å²) < 4.78 is 22.2. The van der Waals surface area contributed by atoms with Gasteiger partial charge in [-0.05, 0) is 43.4 Å². The van der Waals surface area contributed by atoms with Crippen molar-refractivity contribution in [2.45, 2.75) is 0 Å². The predicted octanol–water partition coefficient (Wildman–Crippen LogP) is 3.06. The van der Waals surface area contributed by atoms with E-state index in [0.29, 0.717) is 41.7 Å². The van der Waals surface area contributed by atoms with E-state index < -0.39 is 0 Å². The smallest absolute Gasteiger partial charge is 0.261 e. The second-order valence-electron chi connectivity index (χ2n) is 7.85. The molecule has 0 saturated carbocycles. The van der Waals surface area contributed by atoms with Gasteiger partial charge in [-0.25, -0.2) is 4.98 Å². The van der Waals surface area contributed by atoms with Gasteiger partial charge in [0.2, 0.25) is 12.7 Å². The predicted molar refractivity (Wildman–Crippen MR) is 120 cm³/mol. The summed E-state index contributed by atoms with van der Waals surface area (Å²) in [5.41, 5.74) is 1.10. The Bertz CT molecular complexity index is 1160. The van der Waals surface area contributed by atoms with E-state index in [0.717, 1.165) is 24.4 Å². The number of carbonyl (C=O) groups is 1. The van der Waals surface area contributed by atoms with Crippen molar-refractivity contribution < 1.29 is 23.7 Å². The highest BCUT2D eigenvalue weighted by Crippen LogP contribution is 2.37. The van der Waals surface area contributed by atoms with E-state index >= 15 is 0 Å². The lowest BCUT2D eigenvalue weighted by Gasteiger charge is -2.32. The first-order chi connectivity index (χ1) is 16.1. The zero-order valence-corrected chi connectivity index (χ0v) is 18.5. The Hall–Kier alpha value is -3.85. The number of methoxy groups -OCH3 is 1. The zero-order chi connectivity index (χ0) is 22.8. The SMILES string of the molecule is COc1ccc(-c2ncc(C(=O)N3CCN(C)CC3)c(Oc3ccc4c(c3)OCO4)n2)cc1. The maximum atomic E-state index is 13.3. The summed E-state index contributed by atoms with van der Waals surface area (Å²) in [6, 6.07) is 12.6. The lowest BCUT2D eigenvalue weighted by Crippen LogP contribution is -2.47. The Morgan fingerprint density at radius 3 is 2.45 bits per heavy atom. The lowest BCUT2D eigenvalue weighted by molar-refractivity contribution is 0.0660. The fraction of sp³-hybridized carbons (Fsp3) is 0.292. The molecule has 1 saturated heterocycles. The van der Waals surface area contributed by atoms with Crippen LogP contribution in [0.3, 0.4) is 0 Å². The number of benzene rings is 2. The average Bonchev–Trinajstić information content (AvgIpc) is 3.32. The van der Waals surface area contributed by atoms with Crippen molar-refractivity contribution in [2.75, 3.05) is 47.1 Å². The number of carbonyl (C=O) groups excluding carboxylic acids is 1. The van der Waals surface area contributed by atoms with Crippen LogP contribution in [0.5, 0.6) is 28.9 Å². The van der Waals surface area contributed by atoms with Crippen LogP contribution in [0, 0.1) is 0 Å². The number of aromatic nitrogens is 2. The van der Waals surface area contributed by atoms with Crippen molar-refractivity contribution in [3.05, 3.63) is 54.2 Å². The number of nitrogens with zero attached hydrogens (tertiary/aromatic N) is 4. The molecular formula is C24H24N4O5. The topological polar surface area (TPSA) is 86.3 Å². The maximum absolute atomic E-state index is 13.3. The summed E-state index contributed by atoms with van der Waals surface area (Å²) >= 11 is 0. The van der Waals surface area contributed by atoms with Gasteiger partial charge in [0, 0.05) is 44.0 Å². The van der Waals surface area contributed by atoms with E-state index in [4.69, 9.17) is 18.9 Å². The van der Waals surface area contributed by atoms with Gasteiger partial charge in [-0.1, -0.05) is 0 Å². The second kappa shape index (κ2) is 8.95. The number of rotatable bonds is 5. The number of fused-ring (bicyclic) bond motifs is 1. The van der Waals surface area contributed by atoms with E-state index in [2.05, 4.69) is 14.9 Å². The highest BCUT2D eigenvalue weighted by molar-refractivity contribution is 5.96. The molecule has 2 aromatic carbocycles. The maximum Gasteiger partial charge on any atom is 0.261 e. The third-order valence-electron chi connectivity index (χ3n) is 5.68. The van der Waals surface area contributed by atoms with Gasteiger partial charge < -0.3 is 28.7 Å². The van der Waals surface area contributed by atoms with Gasteiger partial charge in [-0.15, -0.1) is 0 Å². The molecule has 3 aromatic rings. The van der Waals surface area contributed by atoms with Crippen LogP contribution in [0.15, 0.2) is 48.7 Å². The number of hydrogen-bond donors (Lipinski definition) is 0. The number of ether oxygens (including phenoxy) is 4. The molecule has 0 bridgehead atoms. The first-order valence-corrected chi connectivity index (χ1v) is 10.7. The Morgan fingerprint density at radius 2 is 1.70 bits per heavy atom. The summed E-state index contributed by atoms with van der Waals surface area (Å²) in [6.45, 7) is 3.07. The number of piperazine rings is 1. The molecular weight excluding hydrogens is 424 g/mol. The molecule has 170 valence electrons. The van der Waals surface area contributed by atoms with Crippen LogP contribution in [-0.2, 0) is 0 Å². The molecule has 9 nitrogen and oxygen atoms in total. The van der Waals surface area contributed by atoms with Crippen LogP contribution in [0.2, 0.25) is 0 Å². The minimum absolute atomic E-state index is 0.153. The Kier molecular flexibility index (Phi) is 5.70.